The molecule has 1 aromatic carbocycles. The van der Waals surface area contributed by atoms with Gasteiger partial charge in [0.05, 0.1) is 7.11 Å². The molecule has 0 aliphatic heterocycles. The summed E-state index contributed by atoms with van der Waals surface area (Å²) in [5.74, 6) is 0.877. The van der Waals surface area contributed by atoms with E-state index in [0.29, 0.717) is 12.6 Å². The molecular weight excluding hydrogens is 200 g/mol. The van der Waals surface area contributed by atoms with Crippen LogP contribution in [0.4, 0.5) is 5.69 Å². The van der Waals surface area contributed by atoms with Crippen molar-refractivity contribution in [2.75, 3.05) is 19.1 Å². The van der Waals surface area contributed by atoms with E-state index in [1.54, 1.807) is 7.11 Å². The molecule has 3 nitrogen and oxygen atoms in total. The summed E-state index contributed by atoms with van der Waals surface area (Å²) in [6.07, 6.45) is 1.11. The molecule has 0 spiro atoms. The van der Waals surface area contributed by atoms with Gasteiger partial charge in [-0.3, -0.25) is 0 Å². The molecule has 1 aromatic rings. The molecule has 1 unspecified atom stereocenters. The normalized spacial score (nSPS) is 12.3. The molecule has 0 heterocycles. The van der Waals surface area contributed by atoms with Gasteiger partial charge in [-0.25, -0.2) is 0 Å². The highest BCUT2D eigenvalue weighted by Crippen LogP contribution is 2.26. The van der Waals surface area contributed by atoms with Crippen LogP contribution in [0.15, 0.2) is 18.2 Å². The lowest BCUT2D eigenvalue weighted by molar-refractivity contribution is 0.414. The number of nitrogens with zero attached hydrogens (tertiary/aromatic N) is 1. The molecule has 3 heteroatoms. The van der Waals surface area contributed by atoms with E-state index >= 15 is 0 Å². The Kier molecular flexibility index (Phi) is 4.62. The Balaban J connectivity index is 3.07. The van der Waals surface area contributed by atoms with Crippen LogP contribution >= 0.6 is 0 Å². The molecule has 0 saturated carbocycles. The topological polar surface area (TPSA) is 38.5 Å². The van der Waals surface area contributed by atoms with Crippen LogP contribution in [0.3, 0.4) is 0 Å². The number of benzene rings is 1. The Morgan fingerprint density at radius 2 is 2.12 bits per heavy atom. The highest BCUT2D eigenvalue weighted by Gasteiger charge is 2.12. The van der Waals surface area contributed by atoms with Crippen molar-refractivity contribution in [3.8, 4) is 5.75 Å². The maximum Gasteiger partial charge on any atom is 0.120 e. The van der Waals surface area contributed by atoms with Gasteiger partial charge in [0.2, 0.25) is 0 Å². The van der Waals surface area contributed by atoms with Crippen LogP contribution in [-0.4, -0.2) is 20.2 Å². The van der Waals surface area contributed by atoms with Gasteiger partial charge in [0.25, 0.3) is 0 Å². The minimum Gasteiger partial charge on any atom is -0.497 e. The monoisotopic (exact) mass is 222 g/mol. The van der Waals surface area contributed by atoms with E-state index in [1.165, 1.54) is 0 Å². The first-order valence-corrected chi connectivity index (χ1v) is 5.73. The molecule has 0 fully saturated rings. The van der Waals surface area contributed by atoms with Gasteiger partial charge in [0.15, 0.2) is 0 Å². The van der Waals surface area contributed by atoms with Crippen LogP contribution in [0.1, 0.15) is 25.8 Å². The zero-order chi connectivity index (χ0) is 12.1. The lowest BCUT2D eigenvalue weighted by Crippen LogP contribution is -2.29. The van der Waals surface area contributed by atoms with Crippen molar-refractivity contribution in [2.24, 2.45) is 5.73 Å². The minimum atomic E-state index is 0.498. The average Bonchev–Trinajstić information content (AvgIpc) is 2.35. The number of nitrogens with two attached hydrogens (primary N) is 1. The SMILES string of the molecule is CCC(C)N(C)c1cc(OC)ccc1CN. The zero-order valence-electron chi connectivity index (χ0n) is 10.7. The van der Waals surface area contributed by atoms with E-state index in [0.717, 1.165) is 23.4 Å². The first-order valence-electron chi connectivity index (χ1n) is 5.73. The smallest absolute Gasteiger partial charge is 0.120 e. The van der Waals surface area contributed by atoms with Crippen molar-refractivity contribution in [2.45, 2.75) is 32.9 Å². The van der Waals surface area contributed by atoms with E-state index in [9.17, 15) is 0 Å². The molecule has 1 rings (SSSR count). The summed E-state index contributed by atoms with van der Waals surface area (Å²) in [7, 11) is 3.78. The van der Waals surface area contributed by atoms with Gasteiger partial charge in [-0.15, -0.1) is 0 Å². The minimum absolute atomic E-state index is 0.498. The van der Waals surface area contributed by atoms with E-state index in [1.807, 2.05) is 18.2 Å². The van der Waals surface area contributed by atoms with Gasteiger partial charge in [-0.1, -0.05) is 13.0 Å². The highest BCUT2D eigenvalue weighted by molar-refractivity contribution is 5.57. The maximum atomic E-state index is 5.75. The largest absolute Gasteiger partial charge is 0.497 e. The van der Waals surface area contributed by atoms with Crippen molar-refractivity contribution in [1.29, 1.82) is 0 Å². The van der Waals surface area contributed by atoms with Crippen molar-refractivity contribution >= 4 is 5.69 Å². The van der Waals surface area contributed by atoms with Gasteiger partial charge < -0.3 is 15.4 Å². The first kappa shape index (κ1) is 12.8. The standard InChI is InChI=1S/C13H22N2O/c1-5-10(2)15(3)13-8-12(16-4)7-6-11(13)9-14/h6-8,10H,5,9,14H2,1-4H3. The summed E-state index contributed by atoms with van der Waals surface area (Å²) < 4.78 is 5.25. The number of hydrogen-bond donors (Lipinski definition) is 1. The third-order valence-corrected chi connectivity index (χ3v) is 3.14. The average molecular weight is 222 g/mol. The summed E-state index contributed by atoms with van der Waals surface area (Å²) in [6.45, 7) is 4.95. The van der Waals surface area contributed by atoms with Gasteiger partial charge >= 0.3 is 0 Å². The lowest BCUT2D eigenvalue weighted by Gasteiger charge is -2.28. The second-order valence-electron chi connectivity index (χ2n) is 4.07. The highest BCUT2D eigenvalue weighted by atomic mass is 16.5. The fraction of sp³-hybridized carbons (Fsp3) is 0.538. The van der Waals surface area contributed by atoms with Crippen molar-refractivity contribution in [3.05, 3.63) is 23.8 Å². The molecule has 1 atom stereocenters. The summed E-state index contributed by atoms with van der Waals surface area (Å²) in [4.78, 5) is 2.25. The molecule has 0 radical (unpaired) electrons. The third-order valence-electron chi connectivity index (χ3n) is 3.14. The predicted octanol–water partition coefficient (Wildman–Crippen LogP) is 2.39. The molecule has 0 aromatic heterocycles. The first-order chi connectivity index (χ1) is 7.63. The number of hydrogen-bond acceptors (Lipinski definition) is 3. The van der Waals surface area contributed by atoms with Gasteiger partial charge in [0.1, 0.15) is 5.75 Å². The third kappa shape index (κ3) is 2.67. The second kappa shape index (κ2) is 5.75. The molecule has 90 valence electrons. The van der Waals surface area contributed by atoms with Crippen molar-refractivity contribution < 1.29 is 4.74 Å². The summed E-state index contributed by atoms with van der Waals surface area (Å²) in [5.41, 5.74) is 8.07. The van der Waals surface area contributed by atoms with Crippen LogP contribution in [0, 0.1) is 0 Å². The summed E-state index contributed by atoms with van der Waals surface area (Å²) in [5, 5.41) is 0. The summed E-state index contributed by atoms with van der Waals surface area (Å²) >= 11 is 0. The molecular formula is C13H22N2O. The van der Waals surface area contributed by atoms with Crippen LogP contribution < -0.4 is 15.4 Å². The Morgan fingerprint density at radius 3 is 2.62 bits per heavy atom. The zero-order valence-corrected chi connectivity index (χ0v) is 10.7. The Bertz CT molecular complexity index is 339. The van der Waals surface area contributed by atoms with E-state index in [2.05, 4.69) is 25.8 Å². The Morgan fingerprint density at radius 1 is 1.44 bits per heavy atom. The maximum absolute atomic E-state index is 5.75. The molecule has 16 heavy (non-hydrogen) atoms. The van der Waals surface area contributed by atoms with E-state index < -0.39 is 0 Å². The van der Waals surface area contributed by atoms with Crippen LogP contribution in [0.2, 0.25) is 0 Å². The lowest BCUT2D eigenvalue weighted by atomic mass is 10.1. The fourth-order valence-corrected chi connectivity index (χ4v) is 1.68. The molecule has 0 aliphatic carbocycles. The van der Waals surface area contributed by atoms with Gasteiger partial charge in [0, 0.05) is 31.4 Å². The van der Waals surface area contributed by atoms with Crippen molar-refractivity contribution in [1.82, 2.24) is 0 Å². The molecule has 0 saturated heterocycles. The van der Waals surface area contributed by atoms with E-state index in [-0.39, 0.29) is 0 Å². The van der Waals surface area contributed by atoms with Crippen LogP contribution in [0.5, 0.6) is 5.75 Å². The quantitative estimate of drug-likeness (QED) is 0.831. The molecule has 2 N–H and O–H groups in total. The Hall–Kier alpha value is -1.22. The van der Waals surface area contributed by atoms with Crippen molar-refractivity contribution in [3.63, 3.8) is 0 Å². The van der Waals surface area contributed by atoms with Gasteiger partial charge in [-0.2, -0.15) is 0 Å². The van der Waals surface area contributed by atoms with Crippen LogP contribution in [-0.2, 0) is 6.54 Å². The fourth-order valence-electron chi connectivity index (χ4n) is 1.68. The molecule has 0 amide bonds. The number of methoxy groups -OCH3 is 1. The Labute approximate surface area is 98.2 Å². The number of anilines is 1. The second-order valence-corrected chi connectivity index (χ2v) is 4.07. The number of rotatable bonds is 5. The predicted molar refractivity (Wildman–Crippen MR) is 69.0 cm³/mol. The van der Waals surface area contributed by atoms with E-state index in [4.69, 9.17) is 10.5 Å². The molecule has 0 bridgehead atoms. The van der Waals surface area contributed by atoms with Crippen LogP contribution in [0.25, 0.3) is 0 Å². The number of ether oxygens (including phenoxy) is 1. The van der Waals surface area contributed by atoms with Gasteiger partial charge in [-0.05, 0) is 25.0 Å². The molecule has 0 aliphatic rings. The summed E-state index contributed by atoms with van der Waals surface area (Å²) in [6, 6.07) is 6.54.